The van der Waals surface area contributed by atoms with Crippen molar-refractivity contribution in [1.82, 2.24) is 5.32 Å². The molecule has 24 heavy (non-hydrogen) atoms. The smallest absolute Gasteiger partial charge is 0.257 e. The van der Waals surface area contributed by atoms with E-state index in [9.17, 15) is 4.79 Å². The Balaban J connectivity index is 2.09. The molecule has 0 aliphatic heterocycles. The Morgan fingerprint density at radius 3 is 2.50 bits per heavy atom. The summed E-state index contributed by atoms with van der Waals surface area (Å²) in [5.41, 5.74) is 1.99. The number of benzene rings is 2. The number of carbonyl (C=O) groups excluding carboxylic acids is 1. The summed E-state index contributed by atoms with van der Waals surface area (Å²) in [5.74, 6) is 0.659. The van der Waals surface area contributed by atoms with Crippen LogP contribution in [0.15, 0.2) is 36.4 Å². The first-order chi connectivity index (χ1) is 11.5. The molecule has 126 valence electrons. The highest BCUT2D eigenvalue weighted by Crippen LogP contribution is 2.27. The molecule has 0 saturated carbocycles. The summed E-state index contributed by atoms with van der Waals surface area (Å²) in [6.45, 7) is 1.86. The molecule has 2 aromatic carbocycles. The molecule has 5 nitrogen and oxygen atoms in total. The Bertz CT molecular complexity index is 780. The summed E-state index contributed by atoms with van der Waals surface area (Å²) in [7, 11) is 3.04. The number of hydrogen-bond acceptors (Lipinski definition) is 4. The van der Waals surface area contributed by atoms with E-state index >= 15 is 0 Å². The highest BCUT2D eigenvalue weighted by atomic mass is 35.5. The number of hydrogen-bond donors (Lipinski definition) is 2. The summed E-state index contributed by atoms with van der Waals surface area (Å²) < 4.78 is 10.3. The Morgan fingerprint density at radius 1 is 1.12 bits per heavy atom. The second kappa shape index (κ2) is 7.99. The summed E-state index contributed by atoms with van der Waals surface area (Å²) in [6, 6.07) is 10.3. The first-order valence-electron chi connectivity index (χ1n) is 7.05. The van der Waals surface area contributed by atoms with Gasteiger partial charge < -0.3 is 14.8 Å². The molecule has 1 amide bonds. The van der Waals surface area contributed by atoms with E-state index in [-0.39, 0.29) is 11.0 Å². The van der Waals surface area contributed by atoms with Crippen LogP contribution in [0.4, 0.5) is 5.69 Å². The van der Waals surface area contributed by atoms with Crippen molar-refractivity contribution in [1.29, 1.82) is 0 Å². The third-order valence-corrected chi connectivity index (χ3v) is 4.00. The normalized spacial score (nSPS) is 10.0. The van der Waals surface area contributed by atoms with Crippen LogP contribution in [0.2, 0.25) is 5.02 Å². The molecule has 0 aliphatic rings. The summed E-state index contributed by atoms with van der Waals surface area (Å²) >= 11 is 11.2. The highest BCUT2D eigenvalue weighted by Gasteiger charge is 2.12. The molecule has 2 N–H and O–H groups in total. The first-order valence-corrected chi connectivity index (χ1v) is 7.84. The molecule has 2 aromatic rings. The van der Waals surface area contributed by atoms with E-state index in [1.807, 2.05) is 13.0 Å². The van der Waals surface area contributed by atoms with Crippen LogP contribution in [0, 0.1) is 6.92 Å². The minimum absolute atomic E-state index is 0.181. The lowest BCUT2D eigenvalue weighted by Gasteiger charge is -2.13. The molecule has 0 saturated heterocycles. The van der Waals surface area contributed by atoms with Crippen LogP contribution in [0.5, 0.6) is 11.5 Å². The van der Waals surface area contributed by atoms with Gasteiger partial charge in [0.2, 0.25) is 0 Å². The summed E-state index contributed by atoms with van der Waals surface area (Å²) in [4.78, 5) is 12.3. The fraction of sp³-hybridized carbons (Fsp3) is 0.176. The maximum atomic E-state index is 12.3. The average Bonchev–Trinajstić information content (AvgIpc) is 2.58. The molecule has 0 unspecified atom stereocenters. The number of anilines is 1. The van der Waals surface area contributed by atoms with Crippen LogP contribution >= 0.6 is 23.8 Å². The van der Waals surface area contributed by atoms with Gasteiger partial charge in [-0.3, -0.25) is 10.1 Å². The van der Waals surface area contributed by atoms with E-state index in [1.165, 1.54) is 14.2 Å². The molecule has 0 atom stereocenters. The van der Waals surface area contributed by atoms with E-state index in [1.54, 1.807) is 30.3 Å². The fourth-order valence-corrected chi connectivity index (χ4v) is 2.43. The zero-order chi connectivity index (χ0) is 17.7. The van der Waals surface area contributed by atoms with Gasteiger partial charge >= 0.3 is 0 Å². The lowest BCUT2D eigenvalue weighted by atomic mass is 10.2. The van der Waals surface area contributed by atoms with Gasteiger partial charge in [-0.15, -0.1) is 0 Å². The second-order valence-corrected chi connectivity index (χ2v) is 5.71. The molecule has 0 spiro atoms. The maximum absolute atomic E-state index is 12.3. The predicted molar refractivity (Wildman–Crippen MR) is 99.4 cm³/mol. The number of thiocarbonyl (C=S) groups is 1. The minimum Gasteiger partial charge on any atom is -0.493 e. The van der Waals surface area contributed by atoms with Gasteiger partial charge in [0.15, 0.2) is 16.6 Å². The van der Waals surface area contributed by atoms with E-state index < -0.39 is 0 Å². The van der Waals surface area contributed by atoms with Crippen LogP contribution in [0.25, 0.3) is 0 Å². The van der Waals surface area contributed by atoms with Gasteiger partial charge in [-0.05, 0) is 55.0 Å². The van der Waals surface area contributed by atoms with Gasteiger partial charge in [0.05, 0.1) is 14.2 Å². The second-order valence-electron chi connectivity index (χ2n) is 4.89. The van der Waals surface area contributed by atoms with Gasteiger partial charge in [0, 0.05) is 16.3 Å². The maximum Gasteiger partial charge on any atom is 0.257 e. The standard InChI is InChI=1S/C17H17ClN2O3S/c1-10-12(18)5-4-6-13(10)19-17(24)20-16(21)11-7-8-14(22-2)15(9-11)23-3/h4-9H,1-3H3,(H2,19,20,21,24). The molecule has 0 radical (unpaired) electrons. The quantitative estimate of drug-likeness (QED) is 0.808. The molecule has 0 heterocycles. The molecule has 0 fully saturated rings. The highest BCUT2D eigenvalue weighted by molar-refractivity contribution is 7.80. The molecular weight excluding hydrogens is 348 g/mol. The topological polar surface area (TPSA) is 59.6 Å². The fourth-order valence-electron chi connectivity index (χ4n) is 2.05. The van der Waals surface area contributed by atoms with Gasteiger partial charge in [0.25, 0.3) is 5.91 Å². The number of halogens is 1. The van der Waals surface area contributed by atoms with Crippen molar-refractivity contribution < 1.29 is 14.3 Å². The van der Waals surface area contributed by atoms with Gasteiger partial charge in [-0.1, -0.05) is 17.7 Å². The number of carbonyl (C=O) groups is 1. The van der Waals surface area contributed by atoms with Crippen LogP contribution in [0.1, 0.15) is 15.9 Å². The average molecular weight is 365 g/mol. The molecular formula is C17H17ClN2O3S. The van der Waals surface area contributed by atoms with Crippen LogP contribution in [-0.4, -0.2) is 25.2 Å². The molecule has 2 rings (SSSR count). The Kier molecular flexibility index (Phi) is 6.00. The number of nitrogens with one attached hydrogen (secondary N) is 2. The minimum atomic E-state index is -0.354. The molecule has 7 heteroatoms. The Labute approximate surface area is 150 Å². The third-order valence-electron chi connectivity index (χ3n) is 3.39. The first kappa shape index (κ1) is 18.0. The molecule has 0 aromatic heterocycles. The molecule has 0 aliphatic carbocycles. The zero-order valence-corrected chi connectivity index (χ0v) is 15.0. The summed E-state index contributed by atoms with van der Waals surface area (Å²) in [6.07, 6.45) is 0. The predicted octanol–water partition coefficient (Wildman–Crippen LogP) is 3.79. The van der Waals surface area contributed by atoms with Crippen molar-refractivity contribution in [3.05, 3.63) is 52.5 Å². The Hall–Kier alpha value is -2.31. The van der Waals surface area contributed by atoms with Crippen LogP contribution < -0.4 is 20.1 Å². The van der Waals surface area contributed by atoms with Crippen LogP contribution in [0.3, 0.4) is 0 Å². The number of amides is 1. The van der Waals surface area contributed by atoms with Gasteiger partial charge in [0.1, 0.15) is 0 Å². The largest absolute Gasteiger partial charge is 0.493 e. The van der Waals surface area contributed by atoms with Crippen molar-refractivity contribution in [3.63, 3.8) is 0 Å². The summed E-state index contributed by atoms with van der Waals surface area (Å²) in [5, 5.41) is 6.38. The van der Waals surface area contributed by atoms with Gasteiger partial charge in [-0.25, -0.2) is 0 Å². The van der Waals surface area contributed by atoms with Crippen molar-refractivity contribution >= 4 is 40.5 Å². The van der Waals surface area contributed by atoms with Gasteiger partial charge in [-0.2, -0.15) is 0 Å². The van der Waals surface area contributed by atoms with Crippen molar-refractivity contribution in [2.45, 2.75) is 6.92 Å². The van der Waals surface area contributed by atoms with Crippen molar-refractivity contribution in [3.8, 4) is 11.5 Å². The van der Waals surface area contributed by atoms with E-state index in [0.717, 1.165) is 11.3 Å². The lowest BCUT2D eigenvalue weighted by Crippen LogP contribution is -2.34. The zero-order valence-electron chi connectivity index (χ0n) is 13.5. The molecule has 0 bridgehead atoms. The Morgan fingerprint density at radius 2 is 1.83 bits per heavy atom. The monoisotopic (exact) mass is 364 g/mol. The lowest BCUT2D eigenvalue weighted by molar-refractivity contribution is 0.0977. The third kappa shape index (κ3) is 4.15. The van der Waals surface area contributed by atoms with E-state index in [4.69, 9.17) is 33.3 Å². The van der Waals surface area contributed by atoms with Crippen molar-refractivity contribution in [2.75, 3.05) is 19.5 Å². The van der Waals surface area contributed by atoms with E-state index in [0.29, 0.717) is 22.1 Å². The number of methoxy groups -OCH3 is 2. The number of ether oxygens (including phenoxy) is 2. The SMILES string of the molecule is COc1ccc(C(=O)NC(=S)Nc2cccc(Cl)c2C)cc1OC. The van der Waals surface area contributed by atoms with E-state index in [2.05, 4.69) is 10.6 Å². The van der Waals surface area contributed by atoms with Crippen molar-refractivity contribution in [2.24, 2.45) is 0 Å². The number of rotatable bonds is 4. The van der Waals surface area contributed by atoms with Crippen LogP contribution in [-0.2, 0) is 0 Å².